The number of rotatable bonds is 6. The number of hydrogen-bond acceptors (Lipinski definition) is 7. The van der Waals surface area contributed by atoms with Crippen LogP contribution in [0.3, 0.4) is 0 Å². The molecule has 0 saturated carbocycles. The van der Waals surface area contributed by atoms with Crippen molar-refractivity contribution < 1.29 is 33.1 Å². The smallest absolute Gasteiger partial charge is 0.342 e. The quantitative estimate of drug-likeness (QED) is 0.355. The summed E-state index contributed by atoms with van der Waals surface area (Å²) in [4.78, 5) is 50.1. The van der Waals surface area contributed by atoms with Crippen molar-refractivity contribution in [1.82, 2.24) is 0 Å². The van der Waals surface area contributed by atoms with Crippen molar-refractivity contribution in [3.63, 3.8) is 0 Å². The molecule has 0 atom stereocenters. The molecule has 2 aliphatic rings. The van der Waals surface area contributed by atoms with Gasteiger partial charge in [0.05, 0.1) is 24.9 Å². The minimum atomic E-state index is -0.490. The largest absolute Gasteiger partial charge is 0.465 e. The maximum absolute atomic E-state index is 12.9. The van der Waals surface area contributed by atoms with Gasteiger partial charge in [0, 0.05) is 34.5 Å². The van der Waals surface area contributed by atoms with E-state index in [1.165, 1.54) is 31.4 Å². The molecule has 2 aromatic carbocycles. The second kappa shape index (κ2) is 10.4. The van der Waals surface area contributed by atoms with Gasteiger partial charge in [-0.05, 0) is 74.7 Å². The van der Waals surface area contributed by atoms with Gasteiger partial charge in [-0.25, -0.2) is 9.59 Å². The number of hydrogen-bond donors (Lipinski definition) is 2. The molecule has 1 aliphatic heterocycles. The van der Waals surface area contributed by atoms with E-state index in [0.717, 1.165) is 37.0 Å². The fourth-order valence-electron chi connectivity index (χ4n) is 4.73. The van der Waals surface area contributed by atoms with Crippen molar-refractivity contribution in [3.8, 4) is 0 Å². The topological polar surface area (TPSA) is 124 Å². The van der Waals surface area contributed by atoms with E-state index in [0.29, 0.717) is 45.0 Å². The third-order valence-electron chi connectivity index (χ3n) is 6.58. The summed E-state index contributed by atoms with van der Waals surface area (Å²) in [6.45, 7) is 1.97. The number of nitrogens with one attached hydrogen (secondary N) is 2. The third kappa shape index (κ3) is 4.70. The number of methoxy groups -OCH3 is 1. The molecule has 0 spiro atoms. The normalized spacial score (nSPS) is 14.9. The van der Waals surface area contributed by atoms with Crippen LogP contribution in [0.4, 0.5) is 11.4 Å². The Kier molecular flexibility index (Phi) is 6.83. The number of esters is 2. The van der Waals surface area contributed by atoms with Crippen LogP contribution in [-0.4, -0.2) is 37.5 Å². The Labute approximate surface area is 218 Å². The van der Waals surface area contributed by atoms with Crippen LogP contribution in [0, 0.1) is 0 Å². The van der Waals surface area contributed by atoms with Crippen LogP contribution in [0.1, 0.15) is 73.5 Å². The monoisotopic (exact) mass is 514 g/mol. The fraction of sp³-hybridized carbons (Fsp3) is 0.241. The summed E-state index contributed by atoms with van der Waals surface area (Å²) in [6.07, 6.45) is 4.94. The molecule has 5 rings (SSSR count). The maximum atomic E-state index is 12.9. The highest BCUT2D eigenvalue weighted by molar-refractivity contribution is 6.35. The van der Waals surface area contributed by atoms with Crippen LogP contribution in [0.25, 0.3) is 11.6 Å². The second-order valence-electron chi connectivity index (χ2n) is 8.97. The van der Waals surface area contributed by atoms with Crippen LogP contribution in [0.2, 0.25) is 0 Å². The van der Waals surface area contributed by atoms with E-state index in [9.17, 15) is 19.2 Å². The van der Waals surface area contributed by atoms with Gasteiger partial charge in [-0.3, -0.25) is 9.59 Å². The zero-order valence-corrected chi connectivity index (χ0v) is 21.0. The lowest BCUT2D eigenvalue weighted by Crippen LogP contribution is -2.12. The molecule has 2 amide bonds. The molecule has 9 nitrogen and oxygen atoms in total. The highest BCUT2D eigenvalue weighted by Crippen LogP contribution is 2.38. The summed E-state index contributed by atoms with van der Waals surface area (Å²) in [5, 5.41) is 5.63. The minimum absolute atomic E-state index is 0.229. The summed E-state index contributed by atoms with van der Waals surface area (Å²) in [7, 11) is 1.29. The predicted molar refractivity (Wildman–Crippen MR) is 140 cm³/mol. The Hall–Kier alpha value is -4.66. The molecule has 9 heteroatoms. The molecule has 2 heterocycles. The molecule has 1 aromatic heterocycles. The Morgan fingerprint density at radius 1 is 1.03 bits per heavy atom. The summed E-state index contributed by atoms with van der Waals surface area (Å²) in [5.41, 5.74) is 3.84. The maximum Gasteiger partial charge on any atom is 0.342 e. The Balaban J connectivity index is 1.45. The summed E-state index contributed by atoms with van der Waals surface area (Å²) in [5.74, 6) is -0.629. The summed E-state index contributed by atoms with van der Waals surface area (Å²) < 4.78 is 16.0. The van der Waals surface area contributed by atoms with E-state index < -0.39 is 11.9 Å². The number of amides is 2. The van der Waals surface area contributed by atoms with E-state index in [4.69, 9.17) is 9.15 Å². The average Bonchev–Trinajstić information content (AvgIpc) is 3.45. The number of anilines is 2. The van der Waals surface area contributed by atoms with Gasteiger partial charge in [0.25, 0.3) is 11.8 Å². The lowest BCUT2D eigenvalue weighted by atomic mass is 9.94. The standard InChI is InChI=1S/C29H26N2O7/c1-3-37-29(35)25-19-6-4-5-7-23(19)38-24(25)15-21-20-14-18(12-13-22(20)31-27(21)33)30-26(32)16-8-10-17(11-9-16)28(34)36-2/h8-15H,3-7H2,1-2H3,(H,30,32)(H,31,33). The summed E-state index contributed by atoms with van der Waals surface area (Å²) in [6, 6.07) is 11.1. The van der Waals surface area contributed by atoms with Gasteiger partial charge < -0.3 is 24.5 Å². The molecule has 0 radical (unpaired) electrons. The van der Waals surface area contributed by atoms with Gasteiger partial charge in [0.2, 0.25) is 0 Å². The van der Waals surface area contributed by atoms with Crippen LogP contribution in [-0.2, 0) is 27.1 Å². The van der Waals surface area contributed by atoms with Gasteiger partial charge in [-0.1, -0.05) is 0 Å². The number of benzene rings is 2. The molecule has 3 aromatic rings. The molecule has 2 N–H and O–H groups in total. The number of furan rings is 1. The van der Waals surface area contributed by atoms with Gasteiger partial charge in [0.1, 0.15) is 17.1 Å². The Morgan fingerprint density at radius 2 is 1.76 bits per heavy atom. The van der Waals surface area contributed by atoms with Crippen molar-refractivity contribution in [2.45, 2.75) is 32.6 Å². The van der Waals surface area contributed by atoms with Gasteiger partial charge in [0.15, 0.2) is 0 Å². The lowest BCUT2D eigenvalue weighted by molar-refractivity contribution is -0.110. The van der Waals surface area contributed by atoms with Gasteiger partial charge >= 0.3 is 11.9 Å². The molecule has 0 bridgehead atoms. The van der Waals surface area contributed by atoms with Crippen molar-refractivity contribution in [1.29, 1.82) is 0 Å². The highest BCUT2D eigenvalue weighted by Gasteiger charge is 2.30. The van der Waals surface area contributed by atoms with Crippen LogP contribution < -0.4 is 10.6 Å². The van der Waals surface area contributed by atoms with E-state index in [-0.39, 0.29) is 18.4 Å². The van der Waals surface area contributed by atoms with Gasteiger partial charge in [-0.2, -0.15) is 0 Å². The molecule has 194 valence electrons. The molecule has 1 aliphatic carbocycles. The zero-order chi connectivity index (χ0) is 26.8. The molecule has 0 unspecified atom stereocenters. The second-order valence-corrected chi connectivity index (χ2v) is 8.97. The first-order valence-electron chi connectivity index (χ1n) is 12.4. The fourth-order valence-corrected chi connectivity index (χ4v) is 4.73. The first-order valence-corrected chi connectivity index (χ1v) is 12.4. The summed E-state index contributed by atoms with van der Waals surface area (Å²) >= 11 is 0. The Bertz CT molecular complexity index is 1480. The number of carbonyl (C=O) groups is 4. The van der Waals surface area contributed by atoms with Crippen molar-refractivity contribution >= 4 is 46.8 Å². The van der Waals surface area contributed by atoms with Crippen molar-refractivity contribution in [2.75, 3.05) is 24.4 Å². The number of carbonyl (C=O) groups excluding carboxylic acids is 4. The number of ether oxygens (including phenoxy) is 2. The van der Waals surface area contributed by atoms with Crippen molar-refractivity contribution in [2.24, 2.45) is 0 Å². The van der Waals surface area contributed by atoms with E-state index in [2.05, 4.69) is 15.4 Å². The zero-order valence-electron chi connectivity index (χ0n) is 21.0. The molecular weight excluding hydrogens is 488 g/mol. The molecular formula is C29H26N2O7. The van der Waals surface area contributed by atoms with Crippen LogP contribution in [0.15, 0.2) is 46.9 Å². The van der Waals surface area contributed by atoms with Crippen LogP contribution in [0.5, 0.6) is 0 Å². The molecule has 0 fully saturated rings. The van der Waals surface area contributed by atoms with Crippen LogP contribution >= 0.6 is 0 Å². The van der Waals surface area contributed by atoms with Gasteiger partial charge in [-0.15, -0.1) is 0 Å². The average molecular weight is 515 g/mol. The van der Waals surface area contributed by atoms with E-state index in [1.807, 2.05) is 0 Å². The Morgan fingerprint density at radius 3 is 2.50 bits per heavy atom. The minimum Gasteiger partial charge on any atom is -0.465 e. The highest BCUT2D eigenvalue weighted by atomic mass is 16.5. The first kappa shape index (κ1) is 25.0. The SMILES string of the molecule is CCOC(=O)c1c(C=C2C(=O)Nc3ccc(NC(=O)c4ccc(C(=O)OC)cc4)cc32)oc2c1CCCC2. The van der Waals surface area contributed by atoms with E-state index >= 15 is 0 Å². The number of fused-ring (bicyclic) bond motifs is 2. The molecule has 38 heavy (non-hydrogen) atoms. The first-order chi connectivity index (χ1) is 18.4. The number of aryl methyl sites for hydroxylation is 1. The predicted octanol–water partition coefficient (Wildman–Crippen LogP) is 4.87. The third-order valence-corrected chi connectivity index (χ3v) is 6.58. The van der Waals surface area contributed by atoms with Crippen molar-refractivity contribution in [3.05, 3.63) is 81.8 Å². The lowest BCUT2D eigenvalue weighted by Gasteiger charge is -2.10. The molecule has 0 saturated heterocycles. The van der Waals surface area contributed by atoms with E-state index in [1.54, 1.807) is 31.2 Å².